The van der Waals surface area contributed by atoms with Gasteiger partial charge in [0.1, 0.15) is 4.90 Å². The maximum Gasteiger partial charge on any atom is 0.246 e. The molecule has 1 aliphatic heterocycles. The smallest absolute Gasteiger partial charge is 0.246 e. The van der Waals surface area contributed by atoms with Crippen LogP contribution in [0.5, 0.6) is 0 Å². The Kier molecular flexibility index (Phi) is 3.35. The largest absolute Gasteiger partial charge is 0.336 e. The molecule has 0 aliphatic carbocycles. The van der Waals surface area contributed by atoms with Gasteiger partial charge in [-0.3, -0.25) is 4.68 Å². The molecular weight excluding hydrogens is 278 g/mol. The molecule has 1 unspecified atom stereocenters. The maximum absolute atomic E-state index is 12.6. The topological polar surface area (TPSA) is 73.0 Å². The average Bonchev–Trinajstić information content (AvgIpc) is 3.10. The fourth-order valence-electron chi connectivity index (χ4n) is 2.61. The zero-order valence-corrected chi connectivity index (χ0v) is 12.1. The number of hydrogen-bond donors (Lipinski definition) is 0. The Morgan fingerprint density at radius 1 is 1.45 bits per heavy atom. The van der Waals surface area contributed by atoms with Gasteiger partial charge in [0.25, 0.3) is 0 Å². The lowest BCUT2D eigenvalue weighted by atomic mass is 10.2. The third-order valence-corrected chi connectivity index (χ3v) is 5.50. The van der Waals surface area contributed by atoms with E-state index in [1.807, 2.05) is 10.8 Å². The number of rotatable bonds is 4. The number of nitrogens with zero attached hydrogens (tertiary/aromatic N) is 5. The summed E-state index contributed by atoms with van der Waals surface area (Å²) in [6.07, 6.45) is 9.98. The van der Waals surface area contributed by atoms with Gasteiger partial charge in [0, 0.05) is 44.8 Å². The lowest BCUT2D eigenvalue weighted by Crippen LogP contribution is -2.37. The van der Waals surface area contributed by atoms with Crippen molar-refractivity contribution < 1.29 is 8.42 Å². The first-order valence-electron chi connectivity index (χ1n) is 6.53. The van der Waals surface area contributed by atoms with Crippen LogP contribution in [0.3, 0.4) is 0 Å². The molecule has 0 radical (unpaired) electrons. The fraction of sp³-hybridized carbons (Fsp3) is 0.500. The first-order valence-corrected chi connectivity index (χ1v) is 7.97. The minimum Gasteiger partial charge on any atom is -0.336 e. The van der Waals surface area contributed by atoms with Crippen LogP contribution in [-0.4, -0.2) is 44.6 Å². The molecule has 0 amide bonds. The molecule has 1 saturated heterocycles. The van der Waals surface area contributed by atoms with Crippen molar-refractivity contribution in [1.82, 2.24) is 23.6 Å². The summed E-state index contributed by atoms with van der Waals surface area (Å²) in [7, 11) is -1.74. The Hall–Kier alpha value is -1.67. The van der Waals surface area contributed by atoms with Gasteiger partial charge in [-0.05, 0) is 12.8 Å². The van der Waals surface area contributed by atoms with E-state index < -0.39 is 10.0 Å². The first kappa shape index (κ1) is 13.3. The van der Waals surface area contributed by atoms with E-state index in [0.29, 0.717) is 13.1 Å². The highest BCUT2D eigenvalue weighted by molar-refractivity contribution is 7.89. The van der Waals surface area contributed by atoms with Crippen LogP contribution in [0.1, 0.15) is 12.8 Å². The molecule has 108 valence electrons. The Morgan fingerprint density at radius 2 is 2.30 bits per heavy atom. The predicted molar refractivity (Wildman–Crippen MR) is 72.3 cm³/mol. The standard InChI is InChI=1S/C12H17N5O2S/c1-15-9-12(7-14-15)20(18,19)17-5-2-3-11(17)8-16-6-4-13-10-16/h4,6-7,9-11H,2-3,5,8H2,1H3. The zero-order valence-electron chi connectivity index (χ0n) is 11.3. The van der Waals surface area contributed by atoms with Gasteiger partial charge < -0.3 is 4.57 Å². The molecule has 1 aliphatic rings. The van der Waals surface area contributed by atoms with Gasteiger partial charge in [0.2, 0.25) is 10.0 Å². The van der Waals surface area contributed by atoms with Crippen LogP contribution in [0.15, 0.2) is 36.0 Å². The van der Waals surface area contributed by atoms with Crippen LogP contribution in [-0.2, 0) is 23.6 Å². The molecule has 2 aromatic heterocycles. The Labute approximate surface area is 117 Å². The minimum absolute atomic E-state index is 0.0191. The molecule has 20 heavy (non-hydrogen) atoms. The van der Waals surface area contributed by atoms with Crippen molar-refractivity contribution in [2.45, 2.75) is 30.3 Å². The van der Waals surface area contributed by atoms with Crippen molar-refractivity contribution in [3.63, 3.8) is 0 Å². The Balaban J connectivity index is 1.84. The van der Waals surface area contributed by atoms with Gasteiger partial charge in [-0.2, -0.15) is 9.40 Å². The van der Waals surface area contributed by atoms with Crippen LogP contribution < -0.4 is 0 Å². The fourth-order valence-corrected chi connectivity index (χ4v) is 4.28. The summed E-state index contributed by atoms with van der Waals surface area (Å²) < 4.78 is 30.3. The van der Waals surface area contributed by atoms with Gasteiger partial charge in [0.15, 0.2) is 0 Å². The van der Waals surface area contributed by atoms with E-state index in [1.54, 1.807) is 30.1 Å². The molecule has 0 spiro atoms. The Morgan fingerprint density at radius 3 is 2.95 bits per heavy atom. The van der Waals surface area contributed by atoms with E-state index in [0.717, 1.165) is 12.8 Å². The molecule has 0 aromatic carbocycles. The van der Waals surface area contributed by atoms with E-state index >= 15 is 0 Å². The third kappa shape index (κ3) is 2.36. The van der Waals surface area contributed by atoms with Crippen molar-refractivity contribution in [1.29, 1.82) is 0 Å². The summed E-state index contributed by atoms with van der Waals surface area (Å²) in [4.78, 5) is 4.26. The first-order chi connectivity index (χ1) is 9.57. The molecule has 2 aromatic rings. The molecule has 3 heterocycles. The highest BCUT2D eigenvalue weighted by atomic mass is 32.2. The summed E-state index contributed by atoms with van der Waals surface area (Å²) in [6, 6.07) is -0.0191. The summed E-state index contributed by atoms with van der Waals surface area (Å²) in [5.41, 5.74) is 0. The second-order valence-corrected chi connectivity index (χ2v) is 6.91. The zero-order chi connectivity index (χ0) is 14.2. The van der Waals surface area contributed by atoms with Crippen molar-refractivity contribution >= 4 is 10.0 Å². The number of imidazole rings is 1. The van der Waals surface area contributed by atoms with E-state index in [-0.39, 0.29) is 10.9 Å². The lowest BCUT2D eigenvalue weighted by molar-refractivity contribution is 0.352. The number of aromatic nitrogens is 4. The molecule has 3 rings (SSSR count). The van der Waals surface area contributed by atoms with Crippen LogP contribution in [0.25, 0.3) is 0 Å². The minimum atomic E-state index is -3.45. The molecular formula is C12H17N5O2S. The van der Waals surface area contributed by atoms with Crippen LogP contribution in [0.4, 0.5) is 0 Å². The second kappa shape index (κ2) is 5.02. The van der Waals surface area contributed by atoms with Gasteiger partial charge in [-0.1, -0.05) is 0 Å². The third-order valence-electron chi connectivity index (χ3n) is 3.59. The second-order valence-electron chi connectivity index (χ2n) is 5.02. The van der Waals surface area contributed by atoms with Crippen LogP contribution in [0, 0.1) is 0 Å². The highest BCUT2D eigenvalue weighted by Gasteiger charge is 2.35. The van der Waals surface area contributed by atoms with Crippen LogP contribution >= 0.6 is 0 Å². The molecule has 0 saturated carbocycles. The van der Waals surface area contributed by atoms with E-state index in [9.17, 15) is 8.42 Å². The highest BCUT2D eigenvalue weighted by Crippen LogP contribution is 2.26. The normalized spacial score (nSPS) is 20.6. The number of aryl methyl sites for hydroxylation is 1. The maximum atomic E-state index is 12.6. The number of sulfonamides is 1. The predicted octanol–water partition coefficient (Wildman–Crippen LogP) is 0.470. The molecule has 0 N–H and O–H groups in total. The van der Waals surface area contributed by atoms with Gasteiger partial charge in [-0.25, -0.2) is 13.4 Å². The molecule has 7 nitrogen and oxygen atoms in total. The van der Waals surface area contributed by atoms with Gasteiger partial charge in [0.05, 0.1) is 12.5 Å². The number of hydrogen-bond acceptors (Lipinski definition) is 4. The van der Waals surface area contributed by atoms with Gasteiger partial charge in [-0.15, -0.1) is 0 Å². The van der Waals surface area contributed by atoms with E-state index in [1.165, 1.54) is 10.9 Å². The van der Waals surface area contributed by atoms with Crippen molar-refractivity contribution in [2.24, 2.45) is 7.05 Å². The summed E-state index contributed by atoms with van der Waals surface area (Å²) in [5.74, 6) is 0. The monoisotopic (exact) mass is 295 g/mol. The molecule has 0 bridgehead atoms. The van der Waals surface area contributed by atoms with Crippen molar-refractivity contribution in [2.75, 3.05) is 6.54 Å². The molecule has 8 heteroatoms. The average molecular weight is 295 g/mol. The summed E-state index contributed by atoms with van der Waals surface area (Å²) in [5, 5.41) is 3.95. The van der Waals surface area contributed by atoms with Crippen molar-refractivity contribution in [3.05, 3.63) is 31.1 Å². The SMILES string of the molecule is Cn1cc(S(=O)(=O)N2CCCC2Cn2ccnc2)cn1. The molecule has 1 fully saturated rings. The van der Waals surface area contributed by atoms with Crippen LogP contribution in [0.2, 0.25) is 0 Å². The Bertz CT molecular complexity index is 677. The quantitative estimate of drug-likeness (QED) is 0.822. The van der Waals surface area contributed by atoms with E-state index in [2.05, 4.69) is 10.1 Å². The van der Waals surface area contributed by atoms with Crippen molar-refractivity contribution in [3.8, 4) is 0 Å². The molecule has 1 atom stereocenters. The lowest BCUT2D eigenvalue weighted by Gasteiger charge is -2.23. The summed E-state index contributed by atoms with van der Waals surface area (Å²) >= 11 is 0. The van der Waals surface area contributed by atoms with E-state index in [4.69, 9.17) is 0 Å². The summed E-state index contributed by atoms with van der Waals surface area (Å²) in [6.45, 7) is 1.20. The van der Waals surface area contributed by atoms with Gasteiger partial charge >= 0.3 is 0 Å².